The number of Topliss-reactive ketones (excluding diaryl/α,β-unsaturated/α-hetero) is 1. The highest BCUT2D eigenvalue weighted by molar-refractivity contribution is 5.99. The van der Waals surface area contributed by atoms with E-state index in [1.165, 1.54) is 0 Å². The van der Waals surface area contributed by atoms with Gasteiger partial charge >= 0.3 is 0 Å². The van der Waals surface area contributed by atoms with Crippen LogP contribution in [0, 0.1) is 0 Å². The predicted molar refractivity (Wildman–Crippen MR) is 59.7 cm³/mol. The predicted octanol–water partition coefficient (Wildman–Crippen LogP) is 1.60. The molecule has 84 valence electrons. The van der Waals surface area contributed by atoms with E-state index >= 15 is 0 Å². The third kappa shape index (κ3) is 3.16. The van der Waals surface area contributed by atoms with Gasteiger partial charge in [-0.1, -0.05) is 20.3 Å². The van der Waals surface area contributed by atoms with Crippen LogP contribution >= 0.6 is 0 Å². The second kappa shape index (κ2) is 5.66. The molecule has 1 atom stereocenters. The number of carbonyl (C=O) groups excluding carboxylic acids is 1. The van der Waals surface area contributed by atoms with Gasteiger partial charge in [0.1, 0.15) is 0 Å². The Morgan fingerprint density at radius 3 is 2.87 bits per heavy atom. The van der Waals surface area contributed by atoms with E-state index < -0.39 is 0 Å². The van der Waals surface area contributed by atoms with Crippen molar-refractivity contribution in [3.05, 3.63) is 18.0 Å². The molecular formula is C11H19N3O. The zero-order valence-electron chi connectivity index (χ0n) is 9.44. The molecular weight excluding hydrogens is 190 g/mol. The first-order chi connectivity index (χ1) is 7.19. The molecule has 1 rings (SSSR count). The summed E-state index contributed by atoms with van der Waals surface area (Å²) in [6, 6.07) is -0.380. The lowest BCUT2D eigenvalue weighted by Gasteiger charge is -2.06. The molecule has 0 saturated carbocycles. The SMILES string of the molecule is CCCC(N)C(=O)c1cnn(CCC)c1. The van der Waals surface area contributed by atoms with Crippen LogP contribution in [0.1, 0.15) is 43.5 Å². The summed E-state index contributed by atoms with van der Waals surface area (Å²) < 4.78 is 1.78. The summed E-state index contributed by atoms with van der Waals surface area (Å²) in [5, 5.41) is 4.11. The average molecular weight is 209 g/mol. The van der Waals surface area contributed by atoms with Gasteiger partial charge in [0.05, 0.1) is 17.8 Å². The summed E-state index contributed by atoms with van der Waals surface area (Å²) in [6.45, 7) is 4.94. The minimum Gasteiger partial charge on any atom is -0.321 e. The smallest absolute Gasteiger partial charge is 0.182 e. The van der Waals surface area contributed by atoms with Gasteiger partial charge in [0, 0.05) is 12.7 Å². The summed E-state index contributed by atoms with van der Waals surface area (Å²) in [5.74, 6) is -0.000738. The van der Waals surface area contributed by atoms with Crippen molar-refractivity contribution >= 4 is 5.78 Å². The molecule has 4 heteroatoms. The van der Waals surface area contributed by atoms with Crippen molar-refractivity contribution in [2.75, 3.05) is 0 Å². The number of rotatable bonds is 6. The lowest BCUT2D eigenvalue weighted by atomic mass is 10.0. The molecule has 0 radical (unpaired) electrons. The first-order valence-electron chi connectivity index (χ1n) is 5.51. The number of hydrogen-bond donors (Lipinski definition) is 1. The molecule has 1 unspecified atom stereocenters. The fourth-order valence-corrected chi connectivity index (χ4v) is 1.50. The van der Waals surface area contributed by atoms with E-state index in [-0.39, 0.29) is 11.8 Å². The fourth-order valence-electron chi connectivity index (χ4n) is 1.50. The highest BCUT2D eigenvalue weighted by Gasteiger charge is 2.16. The number of carbonyl (C=O) groups is 1. The van der Waals surface area contributed by atoms with Gasteiger partial charge in [-0.2, -0.15) is 5.10 Å². The van der Waals surface area contributed by atoms with Gasteiger partial charge in [-0.25, -0.2) is 0 Å². The molecule has 0 aliphatic heterocycles. The second-order valence-electron chi connectivity index (χ2n) is 3.75. The van der Waals surface area contributed by atoms with Crippen LogP contribution in [0.5, 0.6) is 0 Å². The minimum atomic E-state index is -0.380. The maximum absolute atomic E-state index is 11.8. The normalized spacial score (nSPS) is 12.7. The Balaban J connectivity index is 2.65. The van der Waals surface area contributed by atoms with Crippen molar-refractivity contribution in [3.8, 4) is 0 Å². The van der Waals surface area contributed by atoms with E-state index in [2.05, 4.69) is 12.0 Å². The van der Waals surface area contributed by atoms with Crippen molar-refractivity contribution in [2.45, 2.75) is 45.7 Å². The fraction of sp³-hybridized carbons (Fsp3) is 0.636. The van der Waals surface area contributed by atoms with Crippen LogP contribution in [0.25, 0.3) is 0 Å². The molecule has 0 bridgehead atoms. The summed E-state index contributed by atoms with van der Waals surface area (Å²) in [6.07, 6.45) is 6.05. The van der Waals surface area contributed by atoms with Gasteiger partial charge in [-0.15, -0.1) is 0 Å². The van der Waals surface area contributed by atoms with E-state index in [4.69, 9.17) is 5.73 Å². The largest absolute Gasteiger partial charge is 0.321 e. The molecule has 0 amide bonds. The summed E-state index contributed by atoms with van der Waals surface area (Å²) in [7, 11) is 0. The molecule has 4 nitrogen and oxygen atoms in total. The van der Waals surface area contributed by atoms with Gasteiger partial charge in [0.25, 0.3) is 0 Å². The molecule has 0 saturated heterocycles. The molecule has 0 spiro atoms. The standard InChI is InChI=1S/C11H19N3O/c1-3-5-10(12)11(15)9-7-13-14(8-9)6-4-2/h7-8,10H,3-6,12H2,1-2H3. The van der Waals surface area contributed by atoms with Gasteiger partial charge in [0.2, 0.25) is 0 Å². The van der Waals surface area contributed by atoms with Crippen LogP contribution in [0.3, 0.4) is 0 Å². The highest BCUT2D eigenvalue weighted by Crippen LogP contribution is 2.05. The Morgan fingerprint density at radius 2 is 2.27 bits per heavy atom. The van der Waals surface area contributed by atoms with Crippen molar-refractivity contribution < 1.29 is 4.79 Å². The highest BCUT2D eigenvalue weighted by atomic mass is 16.1. The van der Waals surface area contributed by atoms with Crippen LogP contribution in [-0.2, 0) is 6.54 Å². The summed E-state index contributed by atoms with van der Waals surface area (Å²) in [4.78, 5) is 11.8. The van der Waals surface area contributed by atoms with Gasteiger partial charge in [-0.3, -0.25) is 9.48 Å². The Morgan fingerprint density at radius 1 is 1.53 bits per heavy atom. The van der Waals surface area contributed by atoms with Crippen LogP contribution in [0.2, 0.25) is 0 Å². The van der Waals surface area contributed by atoms with Gasteiger partial charge in [-0.05, 0) is 12.8 Å². The zero-order chi connectivity index (χ0) is 11.3. The maximum Gasteiger partial charge on any atom is 0.182 e. The molecule has 1 aromatic rings. The molecule has 2 N–H and O–H groups in total. The van der Waals surface area contributed by atoms with E-state index in [0.29, 0.717) is 5.56 Å². The number of nitrogens with zero attached hydrogens (tertiary/aromatic N) is 2. The molecule has 1 aromatic heterocycles. The lowest BCUT2D eigenvalue weighted by Crippen LogP contribution is -2.29. The second-order valence-corrected chi connectivity index (χ2v) is 3.75. The molecule has 15 heavy (non-hydrogen) atoms. The lowest BCUT2D eigenvalue weighted by molar-refractivity contribution is 0.0956. The van der Waals surface area contributed by atoms with Crippen molar-refractivity contribution in [3.63, 3.8) is 0 Å². The maximum atomic E-state index is 11.8. The Labute approximate surface area is 90.5 Å². The Kier molecular flexibility index (Phi) is 4.49. The van der Waals surface area contributed by atoms with Crippen molar-refractivity contribution in [2.24, 2.45) is 5.73 Å². The van der Waals surface area contributed by atoms with E-state index in [1.807, 2.05) is 6.92 Å². The van der Waals surface area contributed by atoms with Crippen LogP contribution < -0.4 is 5.73 Å². The topological polar surface area (TPSA) is 60.9 Å². The molecule has 0 aliphatic rings. The number of aromatic nitrogens is 2. The van der Waals surface area contributed by atoms with Gasteiger partial charge in [0.15, 0.2) is 5.78 Å². The van der Waals surface area contributed by atoms with Gasteiger partial charge < -0.3 is 5.73 Å². The Hall–Kier alpha value is -1.16. The van der Waals surface area contributed by atoms with Crippen molar-refractivity contribution in [1.82, 2.24) is 9.78 Å². The number of hydrogen-bond acceptors (Lipinski definition) is 3. The molecule has 1 heterocycles. The molecule has 0 aliphatic carbocycles. The number of aryl methyl sites for hydroxylation is 1. The van der Waals surface area contributed by atoms with Crippen molar-refractivity contribution in [1.29, 1.82) is 0 Å². The first-order valence-corrected chi connectivity index (χ1v) is 5.51. The third-order valence-electron chi connectivity index (χ3n) is 2.31. The summed E-state index contributed by atoms with van der Waals surface area (Å²) in [5.41, 5.74) is 6.39. The Bertz CT molecular complexity index is 319. The van der Waals surface area contributed by atoms with E-state index in [1.54, 1.807) is 17.1 Å². The zero-order valence-corrected chi connectivity index (χ0v) is 9.44. The van der Waals surface area contributed by atoms with Crippen LogP contribution in [0.4, 0.5) is 0 Å². The number of ketones is 1. The molecule has 0 aromatic carbocycles. The first kappa shape index (κ1) is 11.9. The van der Waals surface area contributed by atoms with Crippen LogP contribution in [-0.4, -0.2) is 21.6 Å². The average Bonchev–Trinajstić information content (AvgIpc) is 2.66. The minimum absolute atomic E-state index is 0.000738. The monoisotopic (exact) mass is 209 g/mol. The van der Waals surface area contributed by atoms with Crippen LogP contribution in [0.15, 0.2) is 12.4 Å². The quantitative estimate of drug-likeness (QED) is 0.724. The molecule has 0 fully saturated rings. The van der Waals surface area contributed by atoms with E-state index in [9.17, 15) is 4.79 Å². The third-order valence-corrected chi connectivity index (χ3v) is 2.31. The summed E-state index contributed by atoms with van der Waals surface area (Å²) >= 11 is 0. The van der Waals surface area contributed by atoms with E-state index in [0.717, 1.165) is 25.8 Å². The number of nitrogens with two attached hydrogens (primary N) is 1.